The zero-order chi connectivity index (χ0) is 15.2. The molecule has 0 spiro atoms. The lowest BCUT2D eigenvalue weighted by Gasteiger charge is -2.30. The van der Waals surface area contributed by atoms with Crippen LogP contribution in [0.25, 0.3) is 0 Å². The minimum absolute atomic E-state index is 0.192. The van der Waals surface area contributed by atoms with Crippen LogP contribution in [0.4, 0.5) is 4.79 Å². The third-order valence-corrected chi connectivity index (χ3v) is 2.83. The second-order valence-corrected chi connectivity index (χ2v) is 5.86. The fourth-order valence-corrected chi connectivity index (χ4v) is 1.97. The maximum atomic E-state index is 12.0. The first-order valence-corrected chi connectivity index (χ1v) is 7.13. The van der Waals surface area contributed by atoms with E-state index in [1.54, 1.807) is 11.8 Å². The minimum Gasteiger partial charge on any atom is -0.466 e. The van der Waals surface area contributed by atoms with E-state index in [1.807, 2.05) is 20.8 Å². The van der Waals surface area contributed by atoms with E-state index >= 15 is 0 Å². The Morgan fingerprint density at radius 1 is 1.35 bits per heavy atom. The number of hydrogen-bond acceptors (Lipinski definition) is 4. The highest BCUT2D eigenvalue weighted by molar-refractivity contribution is 5.70. The molecule has 5 heteroatoms. The van der Waals surface area contributed by atoms with E-state index in [2.05, 4.69) is 6.08 Å². The summed E-state index contributed by atoms with van der Waals surface area (Å²) in [6, 6.07) is 0. The second kappa shape index (κ2) is 7.31. The first-order chi connectivity index (χ1) is 9.31. The summed E-state index contributed by atoms with van der Waals surface area (Å²) in [7, 11) is 0. The normalized spacial score (nSPS) is 15.6. The molecule has 114 valence electrons. The smallest absolute Gasteiger partial charge is 0.410 e. The summed E-state index contributed by atoms with van der Waals surface area (Å²) < 4.78 is 10.3. The van der Waals surface area contributed by atoms with Crippen molar-refractivity contribution in [1.29, 1.82) is 0 Å². The largest absolute Gasteiger partial charge is 0.466 e. The monoisotopic (exact) mass is 283 g/mol. The van der Waals surface area contributed by atoms with Gasteiger partial charge in [-0.2, -0.15) is 0 Å². The summed E-state index contributed by atoms with van der Waals surface area (Å²) in [4.78, 5) is 25.0. The van der Waals surface area contributed by atoms with Crippen LogP contribution in [0.2, 0.25) is 0 Å². The number of hydrogen-bond donors (Lipinski definition) is 0. The molecule has 0 saturated carbocycles. The fraction of sp³-hybridized carbons (Fsp3) is 0.733. The van der Waals surface area contributed by atoms with Crippen molar-refractivity contribution in [2.75, 3.05) is 19.7 Å². The zero-order valence-corrected chi connectivity index (χ0v) is 12.9. The summed E-state index contributed by atoms with van der Waals surface area (Å²) in [6.45, 7) is 8.96. The molecule has 0 aromatic rings. The maximum Gasteiger partial charge on any atom is 0.410 e. The summed E-state index contributed by atoms with van der Waals surface area (Å²) in [5, 5.41) is 0. The molecule has 1 aliphatic rings. The molecule has 0 unspecified atom stereocenters. The van der Waals surface area contributed by atoms with E-state index in [9.17, 15) is 9.59 Å². The van der Waals surface area contributed by atoms with Crippen LogP contribution >= 0.6 is 0 Å². The molecule has 5 nitrogen and oxygen atoms in total. The van der Waals surface area contributed by atoms with Crippen LogP contribution in [0.1, 0.15) is 47.0 Å². The predicted octanol–water partition coefficient (Wildman–Crippen LogP) is 2.90. The molecule has 0 N–H and O–H groups in total. The third-order valence-electron chi connectivity index (χ3n) is 2.83. The van der Waals surface area contributed by atoms with E-state index in [0.717, 1.165) is 12.0 Å². The quantitative estimate of drug-likeness (QED) is 0.588. The topological polar surface area (TPSA) is 55.8 Å². The van der Waals surface area contributed by atoms with Crippen molar-refractivity contribution in [3.8, 4) is 0 Å². The lowest BCUT2D eigenvalue weighted by Crippen LogP contribution is -2.40. The van der Waals surface area contributed by atoms with Gasteiger partial charge in [0.1, 0.15) is 5.60 Å². The van der Waals surface area contributed by atoms with Crippen LogP contribution in [0.5, 0.6) is 0 Å². The number of carbonyl (C=O) groups is 2. The molecule has 0 atom stereocenters. The van der Waals surface area contributed by atoms with Gasteiger partial charge in [0.2, 0.25) is 0 Å². The minimum atomic E-state index is -0.483. The standard InChI is InChI=1S/C15H25NO4/c1-5-19-13(17)9-8-12-7-6-10-16(11-12)14(18)20-15(2,3)4/h7H,5-6,8-11H2,1-4H3. The zero-order valence-electron chi connectivity index (χ0n) is 12.9. The van der Waals surface area contributed by atoms with Gasteiger partial charge in [-0.25, -0.2) is 4.79 Å². The van der Waals surface area contributed by atoms with Crippen molar-refractivity contribution in [3.05, 3.63) is 11.6 Å². The molecule has 20 heavy (non-hydrogen) atoms. The first kappa shape index (κ1) is 16.5. The number of esters is 1. The van der Waals surface area contributed by atoms with E-state index in [-0.39, 0.29) is 12.1 Å². The third kappa shape index (κ3) is 6.08. The Morgan fingerprint density at radius 2 is 2.05 bits per heavy atom. The van der Waals surface area contributed by atoms with Crippen molar-refractivity contribution < 1.29 is 19.1 Å². The molecule has 0 aromatic heterocycles. The van der Waals surface area contributed by atoms with Crippen LogP contribution in [0.15, 0.2) is 11.6 Å². The van der Waals surface area contributed by atoms with Gasteiger partial charge in [0, 0.05) is 19.5 Å². The number of amides is 1. The average molecular weight is 283 g/mol. The Balaban J connectivity index is 2.44. The molecule has 0 radical (unpaired) electrons. The Hall–Kier alpha value is -1.52. The molecule has 0 bridgehead atoms. The van der Waals surface area contributed by atoms with E-state index in [0.29, 0.717) is 32.5 Å². The number of ether oxygens (including phenoxy) is 2. The number of rotatable bonds is 4. The van der Waals surface area contributed by atoms with Crippen molar-refractivity contribution >= 4 is 12.1 Å². The lowest BCUT2D eigenvalue weighted by atomic mass is 10.1. The van der Waals surface area contributed by atoms with Gasteiger partial charge in [-0.15, -0.1) is 0 Å². The highest BCUT2D eigenvalue weighted by Gasteiger charge is 2.24. The summed E-state index contributed by atoms with van der Waals surface area (Å²) in [5.74, 6) is -0.192. The molecule has 0 saturated heterocycles. The summed E-state index contributed by atoms with van der Waals surface area (Å²) in [6.07, 6.45) is 3.61. The van der Waals surface area contributed by atoms with E-state index in [1.165, 1.54) is 0 Å². The molecular weight excluding hydrogens is 258 g/mol. The predicted molar refractivity (Wildman–Crippen MR) is 76.4 cm³/mol. The Morgan fingerprint density at radius 3 is 2.65 bits per heavy atom. The van der Waals surface area contributed by atoms with Crippen molar-refractivity contribution in [2.24, 2.45) is 0 Å². The molecule has 0 aliphatic carbocycles. The number of nitrogens with zero attached hydrogens (tertiary/aromatic N) is 1. The summed E-state index contributed by atoms with van der Waals surface area (Å²) >= 11 is 0. The molecule has 1 rings (SSSR count). The molecular formula is C15H25NO4. The Kier molecular flexibility index (Phi) is 6.05. The van der Waals surface area contributed by atoms with Crippen molar-refractivity contribution in [1.82, 2.24) is 4.90 Å². The van der Waals surface area contributed by atoms with Gasteiger partial charge < -0.3 is 14.4 Å². The summed E-state index contributed by atoms with van der Waals surface area (Å²) in [5.41, 5.74) is 0.610. The lowest BCUT2D eigenvalue weighted by molar-refractivity contribution is -0.143. The van der Waals surface area contributed by atoms with Crippen molar-refractivity contribution in [2.45, 2.75) is 52.6 Å². The first-order valence-electron chi connectivity index (χ1n) is 7.13. The molecule has 0 fully saturated rings. The molecule has 1 heterocycles. The van der Waals surface area contributed by atoms with Gasteiger partial charge >= 0.3 is 12.1 Å². The molecule has 0 aromatic carbocycles. The van der Waals surface area contributed by atoms with Gasteiger partial charge in [-0.3, -0.25) is 4.79 Å². The highest BCUT2D eigenvalue weighted by atomic mass is 16.6. The van der Waals surface area contributed by atoms with Crippen LogP contribution in [0.3, 0.4) is 0 Å². The number of carbonyl (C=O) groups excluding carboxylic acids is 2. The van der Waals surface area contributed by atoms with Crippen LogP contribution in [-0.4, -0.2) is 42.3 Å². The van der Waals surface area contributed by atoms with E-state index in [4.69, 9.17) is 9.47 Å². The van der Waals surface area contributed by atoms with Gasteiger partial charge in [-0.1, -0.05) is 11.6 Å². The SMILES string of the molecule is CCOC(=O)CCC1=CCCN(C(=O)OC(C)(C)C)C1. The van der Waals surface area contributed by atoms with Crippen LogP contribution in [0, 0.1) is 0 Å². The van der Waals surface area contributed by atoms with Gasteiger partial charge in [-0.05, 0) is 40.5 Å². The second-order valence-electron chi connectivity index (χ2n) is 5.86. The van der Waals surface area contributed by atoms with E-state index < -0.39 is 5.60 Å². The fourth-order valence-electron chi connectivity index (χ4n) is 1.97. The van der Waals surface area contributed by atoms with Crippen LogP contribution in [-0.2, 0) is 14.3 Å². The van der Waals surface area contributed by atoms with Gasteiger partial charge in [0.25, 0.3) is 0 Å². The van der Waals surface area contributed by atoms with Crippen molar-refractivity contribution in [3.63, 3.8) is 0 Å². The molecule has 1 aliphatic heterocycles. The maximum absolute atomic E-state index is 12.0. The van der Waals surface area contributed by atoms with Gasteiger partial charge in [0.15, 0.2) is 0 Å². The average Bonchev–Trinajstić information content (AvgIpc) is 2.35. The highest BCUT2D eigenvalue weighted by Crippen LogP contribution is 2.18. The Labute approximate surface area is 120 Å². The Bertz CT molecular complexity index is 382. The van der Waals surface area contributed by atoms with Gasteiger partial charge in [0.05, 0.1) is 6.61 Å². The van der Waals surface area contributed by atoms with Crippen LogP contribution < -0.4 is 0 Å². The molecule has 1 amide bonds.